The maximum absolute atomic E-state index is 4.48. The van der Waals surface area contributed by atoms with E-state index in [9.17, 15) is 0 Å². The van der Waals surface area contributed by atoms with E-state index >= 15 is 0 Å². The summed E-state index contributed by atoms with van der Waals surface area (Å²) < 4.78 is 4.54. The van der Waals surface area contributed by atoms with Gasteiger partial charge < -0.3 is 19.4 Å². The van der Waals surface area contributed by atoms with Gasteiger partial charge in [0.25, 0.3) is 0 Å². The Morgan fingerprint density at radius 3 is 2.79 bits per heavy atom. The molecule has 28 heavy (non-hydrogen) atoms. The lowest BCUT2D eigenvalue weighted by Gasteiger charge is -2.22. The van der Waals surface area contributed by atoms with Crippen LogP contribution in [0.15, 0.2) is 28.5 Å². The molecule has 0 atom stereocenters. The molecule has 0 aromatic carbocycles. The van der Waals surface area contributed by atoms with E-state index < -0.39 is 0 Å². The SMILES string of the molecule is CN=C(NCCCc1nnc(SC)n1C1CCCC1)N(C)Cc1cccn1C. The van der Waals surface area contributed by atoms with Crippen molar-refractivity contribution in [1.29, 1.82) is 0 Å². The van der Waals surface area contributed by atoms with Crippen LogP contribution in [0.4, 0.5) is 0 Å². The Morgan fingerprint density at radius 2 is 2.14 bits per heavy atom. The number of aryl methyl sites for hydroxylation is 2. The lowest BCUT2D eigenvalue weighted by molar-refractivity contribution is 0.453. The Morgan fingerprint density at radius 1 is 1.36 bits per heavy atom. The molecule has 2 aromatic heterocycles. The molecule has 1 N–H and O–H groups in total. The van der Waals surface area contributed by atoms with E-state index in [1.807, 2.05) is 7.05 Å². The van der Waals surface area contributed by atoms with Crippen LogP contribution in [-0.2, 0) is 20.0 Å². The molecule has 1 aliphatic rings. The molecule has 0 spiro atoms. The number of thioether (sulfide) groups is 1. The van der Waals surface area contributed by atoms with E-state index in [4.69, 9.17) is 0 Å². The zero-order valence-corrected chi connectivity index (χ0v) is 18.4. The minimum atomic E-state index is 0.588. The molecule has 7 nitrogen and oxygen atoms in total. The van der Waals surface area contributed by atoms with E-state index in [2.05, 4.69) is 73.2 Å². The first-order valence-electron chi connectivity index (χ1n) is 10.1. The molecule has 0 saturated heterocycles. The van der Waals surface area contributed by atoms with Gasteiger partial charge in [-0.1, -0.05) is 24.6 Å². The Labute approximate surface area is 172 Å². The van der Waals surface area contributed by atoms with Gasteiger partial charge in [-0.2, -0.15) is 0 Å². The molecule has 1 fully saturated rings. The third kappa shape index (κ3) is 4.90. The number of hydrogen-bond donors (Lipinski definition) is 1. The summed E-state index contributed by atoms with van der Waals surface area (Å²) >= 11 is 1.70. The normalized spacial score (nSPS) is 15.4. The molecular weight excluding hydrogens is 370 g/mol. The van der Waals surface area contributed by atoms with Crippen LogP contribution in [0.2, 0.25) is 0 Å². The van der Waals surface area contributed by atoms with Crippen molar-refractivity contribution in [2.75, 3.05) is 26.9 Å². The van der Waals surface area contributed by atoms with Gasteiger partial charge in [-0.25, -0.2) is 0 Å². The van der Waals surface area contributed by atoms with Gasteiger partial charge in [0.2, 0.25) is 0 Å². The van der Waals surface area contributed by atoms with Crippen LogP contribution in [0.25, 0.3) is 0 Å². The van der Waals surface area contributed by atoms with Crippen molar-refractivity contribution in [3.63, 3.8) is 0 Å². The van der Waals surface area contributed by atoms with Crippen LogP contribution in [0.3, 0.4) is 0 Å². The highest BCUT2D eigenvalue weighted by atomic mass is 32.2. The molecule has 1 aliphatic carbocycles. The highest BCUT2D eigenvalue weighted by Gasteiger charge is 2.23. The number of rotatable bonds is 8. The monoisotopic (exact) mass is 403 g/mol. The van der Waals surface area contributed by atoms with Crippen molar-refractivity contribution < 1.29 is 0 Å². The van der Waals surface area contributed by atoms with E-state index in [-0.39, 0.29) is 0 Å². The van der Waals surface area contributed by atoms with Crippen molar-refractivity contribution in [2.45, 2.75) is 56.3 Å². The highest BCUT2D eigenvalue weighted by Crippen LogP contribution is 2.33. The predicted molar refractivity (Wildman–Crippen MR) is 116 cm³/mol. The van der Waals surface area contributed by atoms with Crippen molar-refractivity contribution in [2.24, 2.45) is 12.0 Å². The maximum atomic E-state index is 4.48. The largest absolute Gasteiger partial charge is 0.356 e. The molecule has 2 heterocycles. The Balaban J connectivity index is 1.51. The number of guanidine groups is 1. The Hall–Kier alpha value is -1.96. The number of hydrogen-bond acceptors (Lipinski definition) is 4. The first-order chi connectivity index (χ1) is 13.6. The van der Waals surface area contributed by atoms with E-state index in [1.165, 1.54) is 31.4 Å². The van der Waals surface area contributed by atoms with Gasteiger partial charge in [-0.3, -0.25) is 4.99 Å². The summed E-state index contributed by atoms with van der Waals surface area (Å²) in [7, 11) is 5.98. The molecule has 2 aromatic rings. The van der Waals surface area contributed by atoms with E-state index in [1.54, 1.807) is 11.8 Å². The van der Waals surface area contributed by atoms with Crippen LogP contribution in [0.5, 0.6) is 0 Å². The number of aromatic nitrogens is 4. The molecule has 0 bridgehead atoms. The summed E-state index contributed by atoms with van der Waals surface area (Å²) in [5, 5.41) is 13.4. The predicted octanol–water partition coefficient (Wildman–Crippen LogP) is 3.09. The summed E-state index contributed by atoms with van der Waals surface area (Å²) in [5.74, 6) is 2.05. The number of nitrogens with zero attached hydrogens (tertiary/aromatic N) is 6. The molecule has 8 heteroatoms. The van der Waals surface area contributed by atoms with Crippen LogP contribution >= 0.6 is 11.8 Å². The molecule has 0 radical (unpaired) electrons. The van der Waals surface area contributed by atoms with Gasteiger partial charge in [0, 0.05) is 52.0 Å². The number of aliphatic imine (C=N–C) groups is 1. The summed E-state index contributed by atoms with van der Waals surface area (Å²) in [6, 6.07) is 4.80. The van der Waals surface area contributed by atoms with Crippen LogP contribution in [-0.4, -0.2) is 57.1 Å². The summed E-state index contributed by atoms with van der Waals surface area (Å²) in [4.78, 5) is 6.58. The molecule has 0 unspecified atom stereocenters. The quantitative estimate of drug-likeness (QED) is 0.318. The molecule has 0 amide bonds. The zero-order valence-electron chi connectivity index (χ0n) is 17.6. The standard InChI is InChI=1S/C20H33N7S/c1-21-19(26(3)15-17-11-8-14-25(17)2)22-13-7-12-18-23-24-20(28-4)27(18)16-9-5-6-10-16/h8,11,14,16H,5-7,9-10,12-13,15H2,1-4H3,(H,21,22). The third-order valence-electron chi connectivity index (χ3n) is 5.49. The van der Waals surface area contributed by atoms with E-state index in [0.717, 1.165) is 42.9 Å². The van der Waals surface area contributed by atoms with Crippen LogP contribution in [0.1, 0.15) is 49.7 Å². The summed E-state index contributed by atoms with van der Waals surface area (Å²) in [5.41, 5.74) is 1.26. The molecular formula is C20H33N7S. The van der Waals surface area contributed by atoms with Gasteiger partial charge >= 0.3 is 0 Å². The maximum Gasteiger partial charge on any atom is 0.193 e. The zero-order chi connectivity index (χ0) is 19.9. The van der Waals surface area contributed by atoms with Crippen LogP contribution < -0.4 is 5.32 Å². The minimum absolute atomic E-state index is 0.588. The first-order valence-corrected chi connectivity index (χ1v) is 11.4. The fourth-order valence-corrected chi connectivity index (χ4v) is 4.53. The Bertz CT molecular complexity index is 773. The van der Waals surface area contributed by atoms with Crippen LogP contribution in [0, 0.1) is 0 Å². The second kappa shape index (κ2) is 10.0. The Kier molecular flexibility index (Phi) is 7.42. The smallest absolute Gasteiger partial charge is 0.193 e. The molecule has 3 rings (SSSR count). The molecule has 1 saturated carbocycles. The first kappa shape index (κ1) is 20.8. The third-order valence-corrected chi connectivity index (χ3v) is 6.14. The van der Waals surface area contributed by atoms with Gasteiger partial charge in [-0.15, -0.1) is 10.2 Å². The summed E-state index contributed by atoms with van der Waals surface area (Å²) in [6.07, 6.45) is 11.3. The lowest BCUT2D eigenvalue weighted by Crippen LogP contribution is -2.39. The second-order valence-corrected chi connectivity index (χ2v) is 8.23. The fourth-order valence-electron chi connectivity index (χ4n) is 3.96. The van der Waals surface area contributed by atoms with Crippen molar-refractivity contribution in [3.05, 3.63) is 29.8 Å². The average molecular weight is 404 g/mol. The van der Waals surface area contributed by atoms with Crippen molar-refractivity contribution >= 4 is 17.7 Å². The molecule has 0 aliphatic heterocycles. The second-order valence-electron chi connectivity index (χ2n) is 7.46. The topological polar surface area (TPSA) is 63.3 Å². The summed E-state index contributed by atoms with van der Waals surface area (Å²) in [6.45, 7) is 1.70. The number of nitrogens with one attached hydrogen (secondary N) is 1. The van der Waals surface area contributed by atoms with E-state index in [0.29, 0.717) is 6.04 Å². The van der Waals surface area contributed by atoms with Gasteiger partial charge in [0.1, 0.15) is 5.82 Å². The fraction of sp³-hybridized carbons (Fsp3) is 0.650. The van der Waals surface area contributed by atoms with Gasteiger partial charge in [0.05, 0.1) is 6.54 Å². The lowest BCUT2D eigenvalue weighted by atomic mass is 10.2. The van der Waals surface area contributed by atoms with Crippen molar-refractivity contribution in [3.8, 4) is 0 Å². The minimum Gasteiger partial charge on any atom is -0.356 e. The highest BCUT2D eigenvalue weighted by molar-refractivity contribution is 7.98. The van der Waals surface area contributed by atoms with Crippen molar-refractivity contribution in [1.82, 2.24) is 29.5 Å². The van der Waals surface area contributed by atoms with Gasteiger partial charge in [-0.05, 0) is 37.7 Å². The van der Waals surface area contributed by atoms with Gasteiger partial charge in [0.15, 0.2) is 11.1 Å². The molecule has 154 valence electrons. The average Bonchev–Trinajstić information content (AvgIpc) is 3.43.